The van der Waals surface area contributed by atoms with Gasteiger partial charge in [-0.1, -0.05) is 24.3 Å². The molecule has 0 amide bonds. The zero-order chi connectivity index (χ0) is 11.5. The highest BCUT2D eigenvalue weighted by molar-refractivity contribution is 6.62. The van der Waals surface area contributed by atoms with Crippen LogP contribution in [0.1, 0.15) is 6.92 Å². The second kappa shape index (κ2) is 4.55. The highest BCUT2D eigenvalue weighted by Crippen LogP contribution is 2.19. The molecule has 0 aliphatic heterocycles. The molecule has 0 fully saturated rings. The lowest BCUT2D eigenvalue weighted by Crippen LogP contribution is -2.30. The molecule has 2 aromatic carbocycles. The quantitative estimate of drug-likeness (QED) is 0.750. The standard InChI is InChI=1S/C12H13BO3/c1-2-16-10-7-9-5-3-4-6-11(9)12(8-10)13(14)15/h3-8,14-15H,2H2,1H3. The fraction of sp³-hybridized carbons (Fsp3) is 0.167. The third-order valence-corrected chi connectivity index (χ3v) is 2.46. The van der Waals surface area contributed by atoms with Crippen LogP contribution in [0, 0.1) is 0 Å². The van der Waals surface area contributed by atoms with Crippen molar-refractivity contribution < 1.29 is 14.8 Å². The maximum atomic E-state index is 9.31. The molecule has 2 aromatic rings. The van der Waals surface area contributed by atoms with Gasteiger partial charge in [0.05, 0.1) is 6.61 Å². The summed E-state index contributed by atoms with van der Waals surface area (Å²) >= 11 is 0. The molecule has 16 heavy (non-hydrogen) atoms. The van der Waals surface area contributed by atoms with Crippen LogP contribution in [0.4, 0.5) is 0 Å². The largest absolute Gasteiger partial charge is 0.494 e. The van der Waals surface area contributed by atoms with Crippen LogP contribution in [-0.4, -0.2) is 23.8 Å². The number of rotatable bonds is 3. The Morgan fingerprint density at radius 3 is 2.62 bits per heavy atom. The van der Waals surface area contributed by atoms with Gasteiger partial charge in [-0.3, -0.25) is 0 Å². The first-order chi connectivity index (χ1) is 7.72. The van der Waals surface area contributed by atoms with E-state index in [1.807, 2.05) is 37.3 Å². The van der Waals surface area contributed by atoms with Gasteiger partial charge in [0.2, 0.25) is 0 Å². The molecule has 82 valence electrons. The Balaban J connectivity index is 2.64. The van der Waals surface area contributed by atoms with Gasteiger partial charge >= 0.3 is 7.12 Å². The molecule has 0 aliphatic rings. The van der Waals surface area contributed by atoms with Gasteiger partial charge in [-0.05, 0) is 35.3 Å². The minimum atomic E-state index is -1.48. The lowest BCUT2D eigenvalue weighted by Gasteiger charge is -2.09. The zero-order valence-electron chi connectivity index (χ0n) is 9.05. The lowest BCUT2D eigenvalue weighted by atomic mass is 9.77. The van der Waals surface area contributed by atoms with Crippen molar-refractivity contribution in [2.75, 3.05) is 6.61 Å². The van der Waals surface area contributed by atoms with Crippen LogP contribution >= 0.6 is 0 Å². The molecule has 0 aromatic heterocycles. The van der Waals surface area contributed by atoms with Crippen molar-refractivity contribution in [1.82, 2.24) is 0 Å². The number of hydrogen-bond acceptors (Lipinski definition) is 3. The van der Waals surface area contributed by atoms with Crippen molar-refractivity contribution in [3.05, 3.63) is 36.4 Å². The summed E-state index contributed by atoms with van der Waals surface area (Å²) in [6.45, 7) is 2.45. The van der Waals surface area contributed by atoms with E-state index in [9.17, 15) is 10.0 Å². The van der Waals surface area contributed by atoms with E-state index >= 15 is 0 Å². The van der Waals surface area contributed by atoms with Crippen molar-refractivity contribution >= 4 is 23.4 Å². The van der Waals surface area contributed by atoms with E-state index < -0.39 is 7.12 Å². The number of hydrogen-bond donors (Lipinski definition) is 2. The van der Waals surface area contributed by atoms with Crippen molar-refractivity contribution in [3.63, 3.8) is 0 Å². The zero-order valence-corrected chi connectivity index (χ0v) is 9.05. The van der Waals surface area contributed by atoms with Gasteiger partial charge in [0, 0.05) is 0 Å². The van der Waals surface area contributed by atoms with Crippen LogP contribution in [-0.2, 0) is 0 Å². The predicted octanol–water partition coefficient (Wildman–Crippen LogP) is 0.918. The number of ether oxygens (including phenoxy) is 1. The summed E-state index contributed by atoms with van der Waals surface area (Å²) in [5.74, 6) is 0.657. The predicted molar refractivity (Wildman–Crippen MR) is 64.9 cm³/mol. The summed E-state index contributed by atoms with van der Waals surface area (Å²) in [6, 6.07) is 11.1. The molecule has 0 saturated carbocycles. The van der Waals surface area contributed by atoms with Gasteiger partial charge in [-0.25, -0.2) is 0 Å². The molecule has 0 bridgehead atoms. The van der Waals surface area contributed by atoms with Crippen LogP contribution in [0.25, 0.3) is 10.8 Å². The normalized spacial score (nSPS) is 10.4. The summed E-state index contributed by atoms with van der Waals surface area (Å²) in [4.78, 5) is 0. The van der Waals surface area contributed by atoms with Crippen LogP contribution in [0.15, 0.2) is 36.4 Å². The summed E-state index contributed by atoms with van der Waals surface area (Å²) in [5, 5.41) is 20.4. The molecule has 0 saturated heterocycles. The van der Waals surface area contributed by atoms with Gasteiger partial charge in [0.25, 0.3) is 0 Å². The Labute approximate surface area is 94.4 Å². The third-order valence-electron chi connectivity index (χ3n) is 2.46. The average molecular weight is 216 g/mol. The Morgan fingerprint density at radius 2 is 1.94 bits per heavy atom. The third kappa shape index (κ3) is 2.03. The molecule has 0 unspecified atom stereocenters. The minimum Gasteiger partial charge on any atom is -0.494 e. The second-order valence-electron chi connectivity index (χ2n) is 3.54. The highest BCUT2D eigenvalue weighted by atomic mass is 16.5. The van der Waals surface area contributed by atoms with Gasteiger partial charge < -0.3 is 14.8 Å². The van der Waals surface area contributed by atoms with E-state index in [1.165, 1.54) is 0 Å². The Bertz CT molecular complexity index is 497. The van der Waals surface area contributed by atoms with E-state index in [0.717, 1.165) is 10.8 Å². The van der Waals surface area contributed by atoms with E-state index in [0.29, 0.717) is 17.8 Å². The molecular formula is C12H13BO3. The highest BCUT2D eigenvalue weighted by Gasteiger charge is 2.15. The van der Waals surface area contributed by atoms with Gasteiger partial charge in [0.1, 0.15) is 5.75 Å². The number of fused-ring (bicyclic) bond motifs is 1. The van der Waals surface area contributed by atoms with E-state index in [2.05, 4.69) is 0 Å². The molecule has 2 rings (SSSR count). The first kappa shape index (κ1) is 11.0. The first-order valence-corrected chi connectivity index (χ1v) is 5.24. The minimum absolute atomic E-state index is 0.474. The summed E-state index contributed by atoms with van der Waals surface area (Å²) in [5.41, 5.74) is 0.474. The van der Waals surface area contributed by atoms with Crippen LogP contribution in [0.5, 0.6) is 5.75 Å². The van der Waals surface area contributed by atoms with E-state index in [1.54, 1.807) is 6.07 Å². The Hall–Kier alpha value is -1.52. The van der Waals surface area contributed by atoms with Crippen molar-refractivity contribution in [1.29, 1.82) is 0 Å². The Morgan fingerprint density at radius 1 is 1.19 bits per heavy atom. The lowest BCUT2D eigenvalue weighted by molar-refractivity contribution is 0.340. The van der Waals surface area contributed by atoms with Crippen LogP contribution < -0.4 is 10.2 Å². The maximum Gasteiger partial charge on any atom is 0.489 e. The molecule has 2 N–H and O–H groups in total. The number of benzene rings is 2. The molecule has 0 heterocycles. The summed E-state index contributed by atoms with van der Waals surface area (Å²) in [7, 11) is -1.48. The van der Waals surface area contributed by atoms with E-state index in [4.69, 9.17) is 4.74 Å². The topological polar surface area (TPSA) is 49.7 Å². The monoisotopic (exact) mass is 216 g/mol. The van der Waals surface area contributed by atoms with Crippen LogP contribution in [0.3, 0.4) is 0 Å². The maximum absolute atomic E-state index is 9.31. The van der Waals surface area contributed by atoms with Crippen LogP contribution in [0.2, 0.25) is 0 Å². The van der Waals surface area contributed by atoms with Crippen molar-refractivity contribution in [2.45, 2.75) is 6.92 Å². The molecule has 0 spiro atoms. The fourth-order valence-corrected chi connectivity index (χ4v) is 1.78. The smallest absolute Gasteiger partial charge is 0.489 e. The average Bonchev–Trinajstić information content (AvgIpc) is 2.28. The van der Waals surface area contributed by atoms with Gasteiger partial charge in [-0.2, -0.15) is 0 Å². The summed E-state index contributed by atoms with van der Waals surface area (Å²) < 4.78 is 5.38. The summed E-state index contributed by atoms with van der Waals surface area (Å²) in [6.07, 6.45) is 0. The van der Waals surface area contributed by atoms with Crippen molar-refractivity contribution in [2.24, 2.45) is 0 Å². The second-order valence-corrected chi connectivity index (χ2v) is 3.54. The van der Waals surface area contributed by atoms with Crippen molar-refractivity contribution in [3.8, 4) is 5.75 Å². The molecule has 0 atom stereocenters. The molecule has 0 aliphatic carbocycles. The SMILES string of the molecule is CCOc1cc(B(O)O)c2ccccc2c1. The molecule has 3 nitrogen and oxygen atoms in total. The van der Waals surface area contributed by atoms with E-state index in [-0.39, 0.29) is 0 Å². The first-order valence-electron chi connectivity index (χ1n) is 5.24. The van der Waals surface area contributed by atoms with Gasteiger partial charge in [-0.15, -0.1) is 0 Å². The fourth-order valence-electron chi connectivity index (χ4n) is 1.78. The molecule has 4 heteroatoms. The van der Waals surface area contributed by atoms with Gasteiger partial charge in [0.15, 0.2) is 0 Å². The Kier molecular flexibility index (Phi) is 3.13. The molecule has 0 radical (unpaired) electrons. The molecular weight excluding hydrogens is 203 g/mol.